The second kappa shape index (κ2) is 8.87. The van der Waals surface area contributed by atoms with Crippen molar-refractivity contribution in [2.24, 2.45) is 5.10 Å². The highest BCUT2D eigenvalue weighted by atomic mass is 32.2. The molecule has 6 rings (SSSR count). The molecule has 0 radical (unpaired) electrons. The second-order valence-corrected chi connectivity index (χ2v) is 11.6. The number of aryl methyl sites for hydroxylation is 1. The minimum atomic E-state index is -0.710. The summed E-state index contributed by atoms with van der Waals surface area (Å²) in [5.74, 6) is -0.425. The van der Waals surface area contributed by atoms with Crippen LogP contribution in [0.15, 0.2) is 114 Å². The molecule has 2 aliphatic rings. The summed E-state index contributed by atoms with van der Waals surface area (Å²) in [6.45, 7) is 2.08. The third-order valence-electron chi connectivity index (χ3n) is 6.71. The Morgan fingerprint density at radius 1 is 0.778 bits per heavy atom. The van der Waals surface area contributed by atoms with Gasteiger partial charge in [-0.2, -0.15) is 5.10 Å². The van der Waals surface area contributed by atoms with E-state index in [1.165, 1.54) is 35.6 Å². The number of nitrogens with zero attached hydrogens (tertiary/aromatic N) is 2. The molecule has 36 heavy (non-hydrogen) atoms. The van der Waals surface area contributed by atoms with Gasteiger partial charge >= 0.3 is 5.97 Å². The molecule has 178 valence electrons. The first-order valence-electron chi connectivity index (χ1n) is 11.7. The van der Waals surface area contributed by atoms with Gasteiger partial charge in [0.2, 0.25) is 5.04 Å². The predicted octanol–water partition coefficient (Wildman–Crippen LogP) is 6.88. The van der Waals surface area contributed by atoms with Gasteiger partial charge in [0, 0.05) is 5.56 Å². The third-order valence-corrected chi connectivity index (χ3v) is 9.99. The number of hydrogen-bond acceptors (Lipinski definition) is 6. The maximum absolute atomic E-state index is 12.8. The minimum absolute atomic E-state index is 0.347. The zero-order valence-corrected chi connectivity index (χ0v) is 21.6. The van der Waals surface area contributed by atoms with E-state index in [1.54, 1.807) is 0 Å². The van der Waals surface area contributed by atoms with Crippen molar-refractivity contribution in [3.63, 3.8) is 0 Å². The zero-order chi connectivity index (χ0) is 24.8. The smallest absolute Gasteiger partial charge is 0.365 e. The van der Waals surface area contributed by atoms with Crippen molar-refractivity contribution in [1.82, 2.24) is 0 Å². The average Bonchev–Trinajstić information content (AvgIpc) is 3.46. The molecule has 0 bridgehead atoms. The maximum Gasteiger partial charge on any atom is 0.365 e. The lowest BCUT2D eigenvalue weighted by Gasteiger charge is -2.37. The summed E-state index contributed by atoms with van der Waals surface area (Å²) in [5, 5.41) is 7.27. The minimum Gasteiger partial charge on any atom is -0.464 e. The first-order chi connectivity index (χ1) is 17.6. The van der Waals surface area contributed by atoms with Crippen molar-refractivity contribution >= 4 is 40.2 Å². The zero-order valence-electron chi connectivity index (χ0n) is 19.9. The predicted molar refractivity (Wildman–Crippen MR) is 149 cm³/mol. The monoisotopic (exact) mass is 508 g/mol. The number of thioether (sulfide) groups is 2. The van der Waals surface area contributed by atoms with Crippen molar-refractivity contribution in [2.45, 2.75) is 15.9 Å². The van der Waals surface area contributed by atoms with E-state index in [2.05, 4.69) is 91.9 Å². The van der Waals surface area contributed by atoms with Gasteiger partial charge in [-0.1, -0.05) is 127 Å². The summed E-state index contributed by atoms with van der Waals surface area (Å²) < 4.78 is 3.92. The Morgan fingerprint density at radius 3 is 1.94 bits per heavy atom. The largest absolute Gasteiger partial charge is 0.464 e. The molecule has 0 N–H and O–H groups in total. The molecule has 0 saturated heterocycles. The molecule has 1 unspecified atom stereocenters. The Kier molecular flexibility index (Phi) is 5.66. The fourth-order valence-electron chi connectivity index (χ4n) is 5.09. The normalized spacial score (nSPS) is 19.7. The van der Waals surface area contributed by atoms with E-state index < -0.39 is 14.9 Å². The number of hydrazone groups is 1. The van der Waals surface area contributed by atoms with Crippen LogP contribution in [0.1, 0.15) is 27.8 Å². The Balaban J connectivity index is 1.66. The van der Waals surface area contributed by atoms with Gasteiger partial charge in [-0.25, -0.2) is 9.80 Å². The van der Waals surface area contributed by atoms with E-state index in [4.69, 9.17) is 9.84 Å². The van der Waals surface area contributed by atoms with Gasteiger partial charge in [0.25, 0.3) is 0 Å². The molecule has 4 aromatic carbocycles. The van der Waals surface area contributed by atoms with Crippen LogP contribution < -0.4 is 5.01 Å². The number of para-hydroxylation sites is 1. The van der Waals surface area contributed by atoms with E-state index in [9.17, 15) is 4.79 Å². The summed E-state index contributed by atoms with van der Waals surface area (Å²) in [5.41, 5.74) is 6.73. The van der Waals surface area contributed by atoms with E-state index in [-0.39, 0.29) is 0 Å². The molecular weight excluding hydrogens is 484 g/mol. The van der Waals surface area contributed by atoms with Crippen molar-refractivity contribution in [3.8, 4) is 0 Å². The standard InChI is InChI=1S/C30H24N2O2S2/c1-21-13-9-12-20-26(21)32-30(35-27(31-32)28(33)34-2)25-19-11-10-18-24(25)29(36-30,22-14-5-3-6-15-22)23-16-7-4-8-17-23/h3-20H,1-2H3. The highest BCUT2D eigenvalue weighted by molar-refractivity contribution is 8.27. The van der Waals surface area contributed by atoms with Crippen LogP contribution in [-0.4, -0.2) is 18.1 Å². The fourth-order valence-corrected chi connectivity index (χ4v) is 8.66. The van der Waals surface area contributed by atoms with Crippen LogP contribution in [0, 0.1) is 6.92 Å². The van der Waals surface area contributed by atoms with E-state index >= 15 is 0 Å². The second-order valence-electron chi connectivity index (χ2n) is 8.74. The number of carbonyl (C=O) groups excluding carboxylic acids is 1. The van der Waals surface area contributed by atoms with E-state index in [0.29, 0.717) is 5.04 Å². The molecule has 4 nitrogen and oxygen atoms in total. The first kappa shape index (κ1) is 23.0. The summed E-state index contributed by atoms with van der Waals surface area (Å²) in [6.07, 6.45) is 0. The van der Waals surface area contributed by atoms with Crippen LogP contribution in [0.4, 0.5) is 5.69 Å². The highest BCUT2D eigenvalue weighted by Gasteiger charge is 2.62. The van der Waals surface area contributed by atoms with E-state index in [0.717, 1.165) is 16.8 Å². The number of ether oxygens (including phenoxy) is 1. The van der Waals surface area contributed by atoms with E-state index in [1.807, 2.05) is 41.0 Å². The van der Waals surface area contributed by atoms with Crippen molar-refractivity contribution in [1.29, 1.82) is 0 Å². The molecule has 0 fully saturated rings. The number of benzene rings is 4. The SMILES string of the molecule is COC(=O)C1=NN(c2ccccc2C)C2(S1)SC(c1ccccc1)(c1ccccc1)c1ccccc12. The molecule has 1 atom stereocenters. The van der Waals surface area contributed by atoms with Crippen molar-refractivity contribution in [3.05, 3.63) is 137 Å². The van der Waals surface area contributed by atoms with Crippen LogP contribution in [0.3, 0.4) is 0 Å². The molecule has 2 heterocycles. The lowest BCUT2D eigenvalue weighted by molar-refractivity contribution is -0.132. The molecule has 6 heteroatoms. The Labute approximate surface area is 219 Å². The quantitative estimate of drug-likeness (QED) is 0.281. The average molecular weight is 509 g/mol. The molecule has 1 spiro atoms. The van der Waals surface area contributed by atoms with Crippen LogP contribution in [0.2, 0.25) is 0 Å². The molecular formula is C30H24N2O2S2. The van der Waals surface area contributed by atoms with Gasteiger partial charge in [0.15, 0.2) is 4.20 Å². The molecule has 2 aliphatic heterocycles. The fraction of sp³-hybridized carbons (Fsp3) is 0.133. The topological polar surface area (TPSA) is 41.9 Å². The van der Waals surface area contributed by atoms with Crippen LogP contribution in [-0.2, 0) is 18.5 Å². The van der Waals surface area contributed by atoms with Gasteiger partial charge < -0.3 is 4.74 Å². The van der Waals surface area contributed by atoms with Gasteiger partial charge in [-0.3, -0.25) is 0 Å². The van der Waals surface area contributed by atoms with Crippen LogP contribution in [0.25, 0.3) is 0 Å². The van der Waals surface area contributed by atoms with Crippen molar-refractivity contribution in [2.75, 3.05) is 12.1 Å². The summed E-state index contributed by atoms with van der Waals surface area (Å²) >= 11 is 3.28. The number of fused-ring (bicyclic) bond motifs is 2. The van der Waals surface area contributed by atoms with Gasteiger partial charge in [0.05, 0.1) is 17.5 Å². The van der Waals surface area contributed by atoms with Gasteiger partial charge in [-0.05, 0) is 35.2 Å². The molecule has 0 amide bonds. The summed E-state index contributed by atoms with van der Waals surface area (Å²) in [4.78, 5) is 12.8. The lowest BCUT2D eigenvalue weighted by atomic mass is 9.82. The third kappa shape index (κ3) is 3.32. The summed E-state index contributed by atoms with van der Waals surface area (Å²) in [6, 6.07) is 37.9. The molecule has 0 aliphatic carbocycles. The summed E-state index contributed by atoms with van der Waals surface area (Å²) in [7, 11) is 1.41. The van der Waals surface area contributed by atoms with Gasteiger partial charge in [0.1, 0.15) is 0 Å². The molecule has 4 aromatic rings. The number of anilines is 1. The van der Waals surface area contributed by atoms with Crippen molar-refractivity contribution < 1.29 is 9.53 Å². The van der Waals surface area contributed by atoms with Crippen LogP contribution >= 0.6 is 23.5 Å². The number of carbonyl (C=O) groups is 1. The molecule has 0 saturated carbocycles. The lowest BCUT2D eigenvalue weighted by Crippen LogP contribution is -2.34. The Bertz CT molecular complexity index is 1430. The molecule has 0 aromatic heterocycles. The van der Waals surface area contributed by atoms with Gasteiger partial charge in [-0.15, -0.1) is 0 Å². The number of rotatable bonds is 4. The van der Waals surface area contributed by atoms with Crippen LogP contribution in [0.5, 0.6) is 0 Å². The maximum atomic E-state index is 12.8. The highest BCUT2D eigenvalue weighted by Crippen LogP contribution is 2.71. The Morgan fingerprint density at radius 2 is 1.33 bits per heavy atom. The Hall–Kier alpha value is -3.48. The number of esters is 1. The number of hydrogen-bond donors (Lipinski definition) is 0. The number of methoxy groups -OCH3 is 1. The first-order valence-corrected chi connectivity index (χ1v) is 13.4.